The van der Waals surface area contributed by atoms with Gasteiger partial charge in [0.1, 0.15) is 23.9 Å². The number of amides is 1. The van der Waals surface area contributed by atoms with Crippen LogP contribution in [-0.4, -0.2) is 36.5 Å². The molecule has 1 N–H and O–H groups in total. The van der Waals surface area contributed by atoms with Crippen LogP contribution >= 0.6 is 0 Å². The van der Waals surface area contributed by atoms with Gasteiger partial charge in [-0.05, 0) is 62.2 Å². The van der Waals surface area contributed by atoms with Gasteiger partial charge in [-0.1, -0.05) is 6.92 Å². The molecule has 0 unspecified atom stereocenters. The van der Waals surface area contributed by atoms with E-state index in [0.717, 1.165) is 38.9 Å². The van der Waals surface area contributed by atoms with Crippen LogP contribution in [0.4, 0.5) is 4.39 Å². The Kier molecular flexibility index (Phi) is 6.28. The number of rotatable bonds is 7. The topological polar surface area (TPSA) is 54.7 Å². The molecule has 1 aliphatic heterocycles. The fourth-order valence-corrected chi connectivity index (χ4v) is 3.14. The zero-order valence-electron chi connectivity index (χ0n) is 15.0. The van der Waals surface area contributed by atoms with Gasteiger partial charge in [-0.25, -0.2) is 4.39 Å². The monoisotopic (exact) mass is 360 g/mol. The van der Waals surface area contributed by atoms with E-state index >= 15 is 0 Å². The lowest BCUT2D eigenvalue weighted by Crippen LogP contribution is -2.44. The van der Waals surface area contributed by atoms with Crippen LogP contribution < -0.4 is 10.1 Å². The number of hydrogen-bond acceptors (Lipinski definition) is 4. The van der Waals surface area contributed by atoms with Crippen molar-refractivity contribution >= 4 is 5.91 Å². The van der Waals surface area contributed by atoms with E-state index in [2.05, 4.69) is 17.1 Å². The smallest absolute Gasteiger partial charge is 0.287 e. The number of benzene rings is 1. The summed E-state index contributed by atoms with van der Waals surface area (Å²) < 4.78 is 24.0. The van der Waals surface area contributed by atoms with Gasteiger partial charge in [-0.3, -0.25) is 4.79 Å². The first kappa shape index (κ1) is 18.5. The Morgan fingerprint density at radius 1 is 1.23 bits per heavy atom. The highest BCUT2D eigenvalue weighted by Crippen LogP contribution is 2.16. The van der Waals surface area contributed by atoms with Crippen molar-refractivity contribution in [3.63, 3.8) is 0 Å². The van der Waals surface area contributed by atoms with E-state index in [1.807, 2.05) is 0 Å². The summed E-state index contributed by atoms with van der Waals surface area (Å²) in [6, 6.07) is 9.35. The minimum absolute atomic E-state index is 0.188. The molecule has 0 bridgehead atoms. The fourth-order valence-electron chi connectivity index (χ4n) is 3.14. The van der Waals surface area contributed by atoms with Gasteiger partial charge >= 0.3 is 0 Å². The lowest BCUT2D eigenvalue weighted by molar-refractivity contribution is 0.0879. The van der Waals surface area contributed by atoms with E-state index in [4.69, 9.17) is 9.15 Å². The van der Waals surface area contributed by atoms with Crippen molar-refractivity contribution in [1.82, 2.24) is 10.2 Å². The summed E-state index contributed by atoms with van der Waals surface area (Å²) in [5.74, 6) is 0.894. The molecule has 1 saturated heterocycles. The van der Waals surface area contributed by atoms with Gasteiger partial charge in [0.05, 0.1) is 0 Å². The molecule has 1 aromatic heterocycles. The third-order valence-electron chi connectivity index (χ3n) is 4.54. The number of carbonyl (C=O) groups is 1. The molecular formula is C20H25FN2O3. The second-order valence-electron chi connectivity index (χ2n) is 6.60. The summed E-state index contributed by atoms with van der Waals surface area (Å²) in [7, 11) is 0. The Hall–Kier alpha value is -2.34. The number of piperidine rings is 1. The van der Waals surface area contributed by atoms with Crippen molar-refractivity contribution in [2.24, 2.45) is 0 Å². The molecule has 0 radical (unpaired) electrons. The van der Waals surface area contributed by atoms with Crippen LogP contribution in [0.1, 0.15) is 42.5 Å². The summed E-state index contributed by atoms with van der Waals surface area (Å²) in [4.78, 5) is 14.8. The molecule has 0 saturated carbocycles. The Balaban J connectivity index is 1.46. The highest BCUT2D eigenvalue weighted by Gasteiger charge is 2.22. The largest absolute Gasteiger partial charge is 0.486 e. The molecule has 0 atom stereocenters. The third kappa shape index (κ3) is 5.08. The fraction of sp³-hybridized carbons (Fsp3) is 0.450. The summed E-state index contributed by atoms with van der Waals surface area (Å²) in [6.07, 6.45) is 3.09. The van der Waals surface area contributed by atoms with Crippen LogP contribution in [0.5, 0.6) is 5.75 Å². The molecule has 1 fully saturated rings. The lowest BCUT2D eigenvalue weighted by Gasteiger charge is -2.31. The minimum Gasteiger partial charge on any atom is -0.486 e. The van der Waals surface area contributed by atoms with Crippen molar-refractivity contribution in [2.75, 3.05) is 19.6 Å². The molecule has 26 heavy (non-hydrogen) atoms. The maximum Gasteiger partial charge on any atom is 0.287 e. The summed E-state index contributed by atoms with van der Waals surface area (Å²) >= 11 is 0. The first-order chi connectivity index (χ1) is 12.6. The van der Waals surface area contributed by atoms with Crippen LogP contribution in [0.15, 0.2) is 40.8 Å². The number of nitrogens with zero attached hydrogens (tertiary/aromatic N) is 1. The second-order valence-corrected chi connectivity index (χ2v) is 6.60. The van der Waals surface area contributed by atoms with Gasteiger partial charge in [0, 0.05) is 19.1 Å². The second kappa shape index (κ2) is 8.85. The quantitative estimate of drug-likeness (QED) is 0.820. The van der Waals surface area contributed by atoms with E-state index in [-0.39, 0.29) is 24.4 Å². The van der Waals surface area contributed by atoms with Crippen molar-refractivity contribution < 1.29 is 18.3 Å². The number of carbonyl (C=O) groups excluding carboxylic acids is 1. The number of ether oxygens (including phenoxy) is 1. The summed E-state index contributed by atoms with van der Waals surface area (Å²) in [6.45, 7) is 5.54. The minimum atomic E-state index is -0.310. The average molecular weight is 360 g/mol. The predicted octanol–water partition coefficient (Wildman–Crippen LogP) is 3.60. The molecule has 6 heteroatoms. The summed E-state index contributed by atoms with van der Waals surface area (Å²) in [5.41, 5.74) is 0. The molecular weight excluding hydrogens is 335 g/mol. The third-order valence-corrected chi connectivity index (χ3v) is 4.54. The number of nitrogens with one attached hydrogen (secondary N) is 1. The first-order valence-electron chi connectivity index (χ1n) is 9.14. The molecule has 1 amide bonds. The molecule has 2 aromatic rings. The van der Waals surface area contributed by atoms with Gasteiger partial charge in [0.2, 0.25) is 0 Å². The number of likely N-dealkylation sites (tertiary alicyclic amines) is 1. The highest BCUT2D eigenvalue weighted by atomic mass is 19.1. The van der Waals surface area contributed by atoms with Crippen LogP contribution in [-0.2, 0) is 6.61 Å². The number of hydrogen-bond donors (Lipinski definition) is 1. The molecule has 1 aliphatic rings. The van der Waals surface area contributed by atoms with Crippen LogP contribution in [0.3, 0.4) is 0 Å². The summed E-state index contributed by atoms with van der Waals surface area (Å²) in [5, 5.41) is 3.05. The Morgan fingerprint density at radius 3 is 2.65 bits per heavy atom. The Bertz CT molecular complexity index is 706. The molecule has 0 spiro atoms. The lowest BCUT2D eigenvalue weighted by atomic mass is 10.0. The molecule has 140 valence electrons. The number of furan rings is 1. The van der Waals surface area contributed by atoms with E-state index in [0.29, 0.717) is 17.3 Å². The van der Waals surface area contributed by atoms with E-state index < -0.39 is 0 Å². The van der Waals surface area contributed by atoms with E-state index in [9.17, 15) is 9.18 Å². The number of halogens is 1. The Labute approximate surface area is 153 Å². The van der Waals surface area contributed by atoms with Gasteiger partial charge in [-0.2, -0.15) is 0 Å². The standard InChI is InChI=1S/C20H25FN2O3/c1-2-11-23-12-9-16(10-13-23)22-20(24)19-8-7-18(26-19)14-25-17-5-3-15(21)4-6-17/h3-8,16H,2,9-14H2,1H3,(H,22,24). The van der Waals surface area contributed by atoms with Crippen LogP contribution in [0, 0.1) is 5.82 Å². The molecule has 5 nitrogen and oxygen atoms in total. The Morgan fingerprint density at radius 2 is 1.96 bits per heavy atom. The predicted molar refractivity (Wildman–Crippen MR) is 96.7 cm³/mol. The van der Waals surface area contributed by atoms with Gasteiger partial charge in [0.25, 0.3) is 5.91 Å². The van der Waals surface area contributed by atoms with E-state index in [1.54, 1.807) is 24.3 Å². The molecule has 1 aromatic carbocycles. The van der Waals surface area contributed by atoms with Gasteiger partial charge in [-0.15, -0.1) is 0 Å². The molecule has 0 aliphatic carbocycles. The first-order valence-corrected chi connectivity index (χ1v) is 9.14. The zero-order chi connectivity index (χ0) is 18.4. The van der Waals surface area contributed by atoms with Crippen molar-refractivity contribution in [2.45, 2.75) is 38.8 Å². The van der Waals surface area contributed by atoms with Gasteiger partial charge in [0.15, 0.2) is 5.76 Å². The SMILES string of the molecule is CCCN1CCC(NC(=O)c2ccc(COc3ccc(F)cc3)o2)CC1. The highest BCUT2D eigenvalue weighted by molar-refractivity contribution is 5.91. The maximum atomic E-state index is 12.9. The average Bonchev–Trinajstić information content (AvgIpc) is 3.12. The van der Waals surface area contributed by atoms with Crippen molar-refractivity contribution in [3.8, 4) is 5.75 Å². The molecule has 2 heterocycles. The van der Waals surface area contributed by atoms with Crippen LogP contribution in [0.2, 0.25) is 0 Å². The maximum absolute atomic E-state index is 12.9. The normalized spacial score (nSPS) is 15.8. The van der Waals surface area contributed by atoms with Crippen molar-refractivity contribution in [3.05, 3.63) is 53.7 Å². The zero-order valence-corrected chi connectivity index (χ0v) is 15.0. The van der Waals surface area contributed by atoms with Crippen LogP contribution in [0.25, 0.3) is 0 Å². The van der Waals surface area contributed by atoms with E-state index in [1.165, 1.54) is 12.1 Å². The van der Waals surface area contributed by atoms with Gasteiger partial charge < -0.3 is 19.4 Å². The molecule has 3 rings (SSSR count). The van der Waals surface area contributed by atoms with Crippen molar-refractivity contribution in [1.29, 1.82) is 0 Å².